The molecule has 1 aromatic heterocycles. The molecule has 150 valence electrons. The van der Waals surface area contributed by atoms with Crippen molar-refractivity contribution in [1.82, 2.24) is 4.98 Å². The summed E-state index contributed by atoms with van der Waals surface area (Å²) in [5.74, 6) is 2.42. The Bertz CT molecular complexity index is 915. The number of nitrogens with zero attached hydrogens (tertiary/aromatic N) is 2. The van der Waals surface area contributed by atoms with Crippen molar-refractivity contribution in [3.63, 3.8) is 0 Å². The Hall–Kier alpha value is -3.74. The fraction of sp³-hybridized carbons (Fsp3) is 0.182. The van der Waals surface area contributed by atoms with Crippen molar-refractivity contribution in [3.8, 4) is 17.4 Å². The standard InChI is InChI=1S/C22H24N4O3/c1-27-20-9-5-6-18(14-20)26-22(23)25-16-17-10-11-21(24-15-17)29-13-12-28-19-7-3-2-4-8-19/h2-11,14-15H,12-13,16H2,1H3,(H3,23,25,26). The predicted molar refractivity (Wildman–Crippen MR) is 114 cm³/mol. The molecule has 3 rings (SSSR count). The molecule has 7 nitrogen and oxygen atoms in total. The summed E-state index contributed by atoms with van der Waals surface area (Å²) in [4.78, 5) is 8.61. The maximum absolute atomic E-state index is 5.94. The molecule has 3 aromatic rings. The van der Waals surface area contributed by atoms with Crippen molar-refractivity contribution in [2.45, 2.75) is 6.54 Å². The summed E-state index contributed by atoms with van der Waals surface area (Å²) in [6.45, 7) is 1.27. The molecule has 0 bridgehead atoms. The molecule has 0 amide bonds. The highest BCUT2D eigenvalue weighted by Crippen LogP contribution is 2.16. The molecular weight excluding hydrogens is 368 g/mol. The lowest BCUT2D eigenvalue weighted by molar-refractivity contribution is 0.212. The fourth-order valence-corrected chi connectivity index (χ4v) is 2.48. The van der Waals surface area contributed by atoms with Gasteiger partial charge in [-0.3, -0.25) is 0 Å². The van der Waals surface area contributed by atoms with Gasteiger partial charge in [0.2, 0.25) is 5.88 Å². The lowest BCUT2D eigenvalue weighted by Gasteiger charge is -2.08. The highest BCUT2D eigenvalue weighted by atomic mass is 16.5. The SMILES string of the molecule is COc1cccc(NC(N)=NCc2ccc(OCCOc3ccccc3)nc2)c1. The summed E-state index contributed by atoms with van der Waals surface area (Å²) in [5.41, 5.74) is 7.68. The van der Waals surface area contributed by atoms with Gasteiger partial charge in [-0.1, -0.05) is 30.3 Å². The van der Waals surface area contributed by atoms with Crippen molar-refractivity contribution < 1.29 is 14.2 Å². The number of ether oxygens (including phenoxy) is 3. The highest BCUT2D eigenvalue weighted by molar-refractivity contribution is 5.92. The molecule has 7 heteroatoms. The average molecular weight is 392 g/mol. The number of rotatable bonds is 9. The Morgan fingerprint density at radius 1 is 0.966 bits per heavy atom. The quantitative estimate of drug-likeness (QED) is 0.329. The number of aromatic nitrogens is 1. The third-order valence-corrected chi connectivity index (χ3v) is 3.92. The van der Waals surface area contributed by atoms with E-state index in [0.717, 1.165) is 22.7 Å². The molecule has 3 N–H and O–H groups in total. The van der Waals surface area contributed by atoms with Gasteiger partial charge in [0.15, 0.2) is 5.96 Å². The van der Waals surface area contributed by atoms with Crippen LogP contribution in [-0.4, -0.2) is 31.3 Å². The Morgan fingerprint density at radius 2 is 1.76 bits per heavy atom. The van der Waals surface area contributed by atoms with Crippen molar-refractivity contribution in [2.24, 2.45) is 10.7 Å². The van der Waals surface area contributed by atoms with Crippen LogP contribution in [0.1, 0.15) is 5.56 Å². The van der Waals surface area contributed by atoms with Gasteiger partial charge in [0, 0.05) is 24.0 Å². The molecule has 0 aliphatic rings. The van der Waals surface area contributed by atoms with Crippen LogP contribution in [0.25, 0.3) is 0 Å². The molecule has 0 aliphatic carbocycles. The number of guanidine groups is 1. The number of benzene rings is 2. The van der Waals surface area contributed by atoms with Gasteiger partial charge in [0.05, 0.1) is 13.7 Å². The maximum atomic E-state index is 5.94. The molecule has 0 radical (unpaired) electrons. The minimum atomic E-state index is 0.316. The van der Waals surface area contributed by atoms with Crippen LogP contribution in [0.5, 0.6) is 17.4 Å². The Morgan fingerprint density at radius 3 is 2.52 bits per heavy atom. The first-order valence-corrected chi connectivity index (χ1v) is 9.19. The van der Waals surface area contributed by atoms with E-state index in [1.165, 1.54) is 0 Å². The van der Waals surface area contributed by atoms with Gasteiger partial charge < -0.3 is 25.3 Å². The van der Waals surface area contributed by atoms with E-state index in [-0.39, 0.29) is 0 Å². The second-order valence-electron chi connectivity index (χ2n) is 6.07. The van der Waals surface area contributed by atoms with Crippen molar-refractivity contribution in [2.75, 3.05) is 25.6 Å². The Kier molecular flexibility index (Phi) is 7.28. The molecule has 29 heavy (non-hydrogen) atoms. The molecule has 0 spiro atoms. The summed E-state index contributed by atoms with van der Waals surface area (Å²) < 4.78 is 16.4. The highest BCUT2D eigenvalue weighted by Gasteiger charge is 2.00. The summed E-state index contributed by atoms with van der Waals surface area (Å²) >= 11 is 0. The minimum Gasteiger partial charge on any atom is -0.497 e. The van der Waals surface area contributed by atoms with E-state index in [1.807, 2.05) is 60.7 Å². The lowest BCUT2D eigenvalue weighted by Crippen LogP contribution is -2.22. The van der Waals surface area contributed by atoms with E-state index < -0.39 is 0 Å². The molecule has 0 atom stereocenters. The number of nitrogens with one attached hydrogen (secondary N) is 1. The summed E-state index contributed by atoms with van der Waals surface area (Å²) in [6.07, 6.45) is 1.72. The molecule has 2 aromatic carbocycles. The van der Waals surface area contributed by atoms with E-state index in [4.69, 9.17) is 19.9 Å². The minimum absolute atomic E-state index is 0.316. The maximum Gasteiger partial charge on any atom is 0.213 e. The molecule has 1 heterocycles. The van der Waals surface area contributed by atoms with Crippen molar-refractivity contribution >= 4 is 11.6 Å². The van der Waals surface area contributed by atoms with Crippen LogP contribution < -0.4 is 25.3 Å². The number of methoxy groups -OCH3 is 1. The van der Waals surface area contributed by atoms with E-state index in [2.05, 4.69) is 15.3 Å². The van der Waals surface area contributed by atoms with Gasteiger partial charge in [0.1, 0.15) is 24.7 Å². The lowest BCUT2D eigenvalue weighted by atomic mass is 10.3. The van der Waals surface area contributed by atoms with Crippen LogP contribution in [0.3, 0.4) is 0 Å². The number of nitrogens with two attached hydrogens (primary N) is 1. The molecule has 0 saturated heterocycles. The second kappa shape index (κ2) is 10.6. The summed E-state index contributed by atoms with van der Waals surface area (Å²) in [5, 5.41) is 3.03. The van der Waals surface area contributed by atoms with Gasteiger partial charge >= 0.3 is 0 Å². The predicted octanol–water partition coefficient (Wildman–Crippen LogP) is 3.47. The Labute approximate surface area is 170 Å². The van der Waals surface area contributed by atoms with Gasteiger partial charge in [-0.15, -0.1) is 0 Å². The van der Waals surface area contributed by atoms with Crippen molar-refractivity contribution in [3.05, 3.63) is 78.5 Å². The number of anilines is 1. The smallest absolute Gasteiger partial charge is 0.213 e. The molecular formula is C22H24N4O3. The Balaban J connectivity index is 1.42. The van der Waals surface area contributed by atoms with Gasteiger partial charge in [-0.05, 0) is 29.8 Å². The topological polar surface area (TPSA) is 91.0 Å². The molecule has 0 fully saturated rings. The van der Waals surface area contributed by atoms with E-state index in [9.17, 15) is 0 Å². The van der Waals surface area contributed by atoms with E-state index in [1.54, 1.807) is 19.4 Å². The van der Waals surface area contributed by atoms with Crippen LogP contribution in [0.2, 0.25) is 0 Å². The first-order valence-electron chi connectivity index (χ1n) is 9.19. The van der Waals surface area contributed by atoms with E-state index in [0.29, 0.717) is 31.6 Å². The largest absolute Gasteiger partial charge is 0.497 e. The summed E-state index contributed by atoms with van der Waals surface area (Å²) in [7, 11) is 1.62. The molecule has 0 unspecified atom stereocenters. The van der Waals surface area contributed by atoms with Crippen LogP contribution in [-0.2, 0) is 6.54 Å². The number of hydrogen-bond acceptors (Lipinski definition) is 5. The number of pyridine rings is 1. The number of hydrogen-bond donors (Lipinski definition) is 2. The van der Waals surface area contributed by atoms with Gasteiger partial charge in [-0.2, -0.15) is 0 Å². The first kappa shape index (κ1) is 20.0. The zero-order chi connectivity index (χ0) is 20.3. The number of para-hydroxylation sites is 1. The fourth-order valence-electron chi connectivity index (χ4n) is 2.48. The second-order valence-corrected chi connectivity index (χ2v) is 6.07. The van der Waals surface area contributed by atoms with Crippen LogP contribution in [0.4, 0.5) is 5.69 Å². The first-order chi connectivity index (χ1) is 14.2. The third-order valence-electron chi connectivity index (χ3n) is 3.92. The zero-order valence-electron chi connectivity index (χ0n) is 16.2. The molecule has 0 aliphatic heterocycles. The van der Waals surface area contributed by atoms with Crippen molar-refractivity contribution in [1.29, 1.82) is 0 Å². The zero-order valence-corrected chi connectivity index (χ0v) is 16.2. The third kappa shape index (κ3) is 6.73. The average Bonchev–Trinajstić information content (AvgIpc) is 2.77. The van der Waals surface area contributed by atoms with Crippen LogP contribution in [0, 0.1) is 0 Å². The summed E-state index contributed by atoms with van der Waals surface area (Å²) in [6, 6.07) is 20.8. The van der Waals surface area contributed by atoms with Gasteiger partial charge in [-0.25, -0.2) is 9.98 Å². The monoisotopic (exact) mass is 392 g/mol. The van der Waals surface area contributed by atoms with Gasteiger partial charge in [0.25, 0.3) is 0 Å². The number of aliphatic imine (C=N–C) groups is 1. The molecule has 0 saturated carbocycles. The van der Waals surface area contributed by atoms with Crippen LogP contribution >= 0.6 is 0 Å². The van der Waals surface area contributed by atoms with E-state index >= 15 is 0 Å². The normalized spacial score (nSPS) is 11.0. The van der Waals surface area contributed by atoms with Crippen LogP contribution in [0.15, 0.2) is 77.9 Å².